The quantitative estimate of drug-likeness (QED) is 0.856. The summed E-state index contributed by atoms with van der Waals surface area (Å²) >= 11 is 4.90. The fraction of sp³-hybridized carbons (Fsp3) is 0.250. The van der Waals surface area contributed by atoms with E-state index >= 15 is 0 Å². The Labute approximate surface area is 135 Å². The Kier molecular flexibility index (Phi) is 4.09. The predicted molar refractivity (Wildman–Crippen MR) is 87.8 cm³/mol. The number of rotatable bonds is 2. The molecule has 5 heteroatoms. The number of nitriles is 1. The number of amides is 1. The van der Waals surface area contributed by atoms with Crippen molar-refractivity contribution in [3.8, 4) is 6.07 Å². The van der Waals surface area contributed by atoms with Crippen molar-refractivity contribution in [2.75, 3.05) is 5.32 Å². The standard InChI is InChI=1S/C16H13BrN2OS/c17-12-5-6-13(11(7-12)9-18)19-16(20)15-8-10-3-1-2-4-14(10)21-15/h5-8H,1-4H2,(H,19,20). The Morgan fingerprint density at radius 1 is 1.29 bits per heavy atom. The molecule has 0 unspecified atom stereocenters. The van der Waals surface area contributed by atoms with Crippen LogP contribution in [0.15, 0.2) is 28.7 Å². The van der Waals surface area contributed by atoms with E-state index in [1.54, 1.807) is 23.5 Å². The van der Waals surface area contributed by atoms with Gasteiger partial charge in [0.25, 0.3) is 5.91 Å². The maximum absolute atomic E-state index is 12.4. The van der Waals surface area contributed by atoms with Gasteiger partial charge in [-0.25, -0.2) is 0 Å². The lowest BCUT2D eigenvalue weighted by Gasteiger charge is -2.08. The monoisotopic (exact) mass is 360 g/mol. The van der Waals surface area contributed by atoms with Crippen LogP contribution in [-0.4, -0.2) is 5.91 Å². The van der Waals surface area contributed by atoms with Crippen molar-refractivity contribution in [2.24, 2.45) is 0 Å². The Bertz CT molecular complexity index is 722. The lowest BCUT2D eigenvalue weighted by atomic mass is 9.99. The first-order valence-corrected chi connectivity index (χ1v) is 8.41. The number of anilines is 1. The highest BCUT2D eigenvalue weighted by atomic mass is 79.9. The molecule has 3 nitrogen and oxygen atoms in total. The van der Waals surface area contributed by atoms with Crippen LogP contribution >= 0.6 is 27.3 Å². The molecule has 1 aliphatic carbocycles. The summed E-state index contributed by atoms with van der Waals surface area (Å²) in [6.45, 7) is 0. The molecular weight excluding hydrogens is 348 g/mol. The van der Waals surface area contributed by atoms with Gasteiger partial charge in [0.05, 0.1) is 16.1 Å². The number of halogens is 1. The van der Waals surface area contributed by atoms with E-state index in [0.29, 0.717) is 11.3 Å². The molecule has 21 heavy (non-hydrogen) atoms. The third-order valence-electron chi connectivity index (χ3n) is 3.57. The third kappa shape index (κ3) is 3.02. The number of hydrogen-bond acceptors (Lipinski definition) is 3. The third-order valence-corrected chi connectivity index (χ3v) is 5.30. The zero-order chi connectivity index (χ0) is 14.8. The van der Waals surface area contributed by atoms with Crippen LogP contribution < -0.4 is 5.32 Å². The van der Waals surface area contributed by atoms with Gasteiger partial charge in [0, 0.05) is 9.35 Å². The van der Waals surface area contributed by atoms with Crippen LogP contribution in [0.4, 0.5) is 5.69 Å². The summed E-state index contributed by atoms with van der Waals surface area (Å²) in [5, 5.41) is 12.0. The van der Waals surface area contributed by atoms with Crippen molar-refractivity contribution in [1.82, 2.24) is 0 Å². The van der Waals surface area contributed by atoms with E-state index in [4.69, 9.17) is 5.26 Å². The van der Waals surface area contributed by atoms with Crippen molar-refractivity contribution in [2.45, 2.75) is 25.7 Å². The molecule has 0 saturated carbocycles. The predicted octanol–water partition coefficient (Wildman–Crippen LogP) is 4.51. The molecule has 1 aromatic carbocycles. The molecule has 0 saturated heterocycles. The molecule has 3 rings (SSSR count). The highest BCUT2D eigenvalue weighted by Crippen LogP contribution is 2.30. The van der Waals surface area contributed by atoms with E-state index in [1.807, 2.05) is 12.1 Å². The lowest BCUT2D eigenvalue weighted by Crippen LogP contribution is -2.11. The molecule has 1 aromatic heterocycles. The fourth-order valence-electron chi connectivity index (χ4n) is 2.50. The second-order valence-electron chi connectivity index (χ2n) is 5.02. The van der Waals surface area contributed by atoms with Crippen LogP contribution in [-0.2, 0) is 12.8 Å². The zero-order valence-electron chi connectivity index (χ0n) is 11.3. The summed E-state index contributed by atoms with van der Waals surface area (Å²) in [5.74, 6) is -0.131. The summed E-state index contributed by atoms with van der Waals surface area (Å²) in [7, 11) is 0. The molecule has 106 valence electrons. The first-order valence-electron chi connectivity index (χ1n) is 6.80. The highest BCUT2D eigenvalue weighted by molar-refractivity contribution is 9.10. The number of thiophene rings is 1. The minimum absolute atomic E-state index is 0.131. The van der Waals surface area contributed by atoms with E-state index in [2.05, 4.69) is 27.3 Å². The summed E-state index contributed by atoms with van der Waals surface area (Å²) < 4.78 is 0.823. The highest BCUT2D eigenvalue weighted by Gasteiger charge is 2.18. The number of aryl methyl sites for hydroxylation is 2. The van der Waals surface area contributed by atoms with E-state index in [1.165, 1.54) is 23.3 Å². The zero-order valence-corrected chi connectivity index (χ0v) is 13.7. The first-order chi connectivity index (χ1) is 10.2. The van der Waals surface area contributed by atoms with E-state index in [0.717, 1.165) is 22.2 Å². The second kappa shape index (κ2) is 6.00. The Morgan fingerprint density at radius 3 is 2.86 bits per heavy atom. The van der Waals surface area contributed by atoms with Crippen LogP contribution in [0.25, 0.3) is 0 Å². The SMILES string of the molecule is N#Cc1cc(Br)ccc1NC(=O)c1cc2c(s1)CCCC2. The molecule has 1 amide bonds. The van der Waals surface area contributed by atoms with Gasteiger partial charge in [0.15, 0.2) is 0 Å². The first kappa shape index (κ1) is 14.3. The summed E-state index contributed by atoms with van der Waals surface area (Å²) in [6, 6.07) is 9.36. The van der Waals surface area contributed by atoms with Crippen molar-refractivity contribution < 1.29 is 4.79 Å². The van der Waals surface area contributed by atoms with E-state index in [9.17, 15) is 4.79 Å². The molecule has 0 bridgehead atoms. The van der Waals surface area contributed by atoms with Crippen LogP contribution in [0, 0.1) is 11.3 Å². The van der Waals surface area contributed by atoms with Crippen molar-refractivity contribution in [1.29, 1.82) is 5.26 Å². The van der Waals surface area contributed by atoms with E-state index < -0.39 is 0 Å². The van der Waals surface area contributed by atoms with Gasteiger partial charge in [0.1, 0.15) is 6.07 Å². The Hall–Kier alpha value is -1.64. The molecule has 0 aliphatic heterocycles. The van der Waals surface area contributed by atoms with Gasteiger partial charge in [-0.15, -0.1) is 11.3 Å². The van der Waals surface area contributed by atoms with Gasteiger partial charge in [0.2, 0.25) is 0 Å². The van der Waals surface area contributed by atoms with Gasteiger partial charge in [-0.3, -0.25) is 4.79 Å². The molecule has 0 spiro atoms. The molecular formula is C16H13BrN2OS. The molecule has 0 atom stereocenters. The minimum atomic E-state index is -0.131. The van der Waals surface area contributed by atoms with E-state index in [-0.39, 0.29) is 5.91 Å². The second-order valence-corrected chi connectivity index (χ2v) is 7.07. The van der Waals surface area contributed by atoms with Crippen LogP contribution in [0.2, 0.25) is 0 Å². The lowest BCUT2D eigenvalue weighted by molar-refractivity contribution is 0.103. The Morgan fingerprint density at radius 2 is 2.10 bits per heavy atom. The number of fused-ring (bicyclic) bond motifs is 1. The normalized spacial score (nSPS) is 13.3. The van der Waals surface area contributed by atoms with Gasteiger partial charge in [-0.2, -0.15) is 5.26 Å². The number of carbonyl (C=O) groups excluding carboxylic acids is 1. The number of nitrogens with zero attached hydrogens (tertiary/aromatic N) is 1. The maximum Gasteiger partial charge on any atom is 0.265 e. The minimum Gasteiger partial charge on any atom is -0.320 e. The largest absolute Gasteiger partial charge is 0.320 e. The molecule has 2 aromatic rings. The molecule has 1 N–H and O–H groups in total. The van der Waals surface area contributed by atoms with Crippen LogP contribution in [0.3, 0.4) is 0 Å². The van der Waals surface area contributed by atoms with Crippen LogP contribution in [0.5, 0.6) is 0 Å². The molecule has 0 radical (unpaired) electrons. The van der Waals surface area contributed by atoms with Crippen molar-refractivity contribution >= 4 is 38.9 Å². The summed E-state index contributed by atoms with van der Waals surface area (Å²) in [4.78, 5) is 14.4. The average molecular weight is 361 g/mol. The van der Waals surface area contributed by atoms with Gasteiger partial charge in [-0.1, -0.05) is 15.9 Å². The fourth-order valence-corrected chi connectivity index (χ4v) is 4.01. The van der Waals surface area contributed by atoms with Crippen LogP contribution in [0.1, 0.15) is 38.5 Å². The summed E-state index contributed by atoms with van der Waals surface area (Å²) in [5.41, 5.74) is 2.32. The number of carbonyl (C=O) groups is 1. The molecule has 1 heterocycles. The summed E-state index contributed by atoms with van der Waals surface area (Å²) in [6.07, 6.45) is 4.56. The van der Waals surface area contributed by atoms with Gasteiger partial charge in [-0.05, 0) is 55.5 Å². The smallest absolute Gasteiger partial charge is 0.265 e. The number of hydrogen-bond donors (Lipinski definition) is 1. The number of nitrogens with one attached hydrogen (secondary N) is 1. The topological polar surface area (TPSA) is 52.9 Å². The Balaban J connectivity index is 1.84. The molecule has 1 aliphatic rings. The maximum atomic E-state index is 12.4. The van der Waals surface area contributed by atoms with Gasteiger partial charge < -0.3 is 5.32 Å². The van der Waals surface area contributed by atoms with Crippen molar-refractivity contribution in [3.63, 3.8) is 0 Å². The van der Waals surface area contributed by atoms with Crippen molar-refractivity contribution in [3.05, 3.63) is 49.6 Å². The average Bonchev–Trinajstić information content (AvgIpc) is 2.93. The van der Waals surface area contributed by atoms with Gasteiger partial charge >= 0.3 is 0 Å². The molecule has 0 fully saturated rings. The number of benzene rings is 1.